The lowest BCUT2D eigenvalue weighted by Crippen LogP contribution is -2.01. The van der Waals surface area contributed by atoms with Crippen molar-refractivity contribution in [1.82, 2.24) is 0 Å². The lowest BCUT2D eigenvalue weighted by Gasteiger charge is -2.06. The van der Waals surface area contributed by atoms with Gasteiger partial charge in [0, 0.05) is 6.42 Å². The Morgan fingerprint density at radius 3 is 2.53 bits per heavy atom. The van der Waals surface area contributed by atoms with Crippen LogP contribution in [0.2, 0.25) is 0 Å². The summed E-state index contributed by atoms with van der Waals surface area (Å²) in [7, 11) is 0. The lowest BCUT2D eigenvalue weighted by atomic mass is 10.1. The molecule has 0 radical (unpaired) electrons. The minimum Gasteiger partial charge on any atom is -0.508 e. The summed E-state index contributed by atoms with van der Waals surface area (Å²) in [6, 6.07) is 15.3. The van der Waals surface area contributed by atoms with Gasteiger partial charge in [0.25, 0.3) is 0 Å². The Bertz CT molecular complexity index is 475. The third-order valence-corrected chi connectivity index (χ3v) is 2.59. The van der Waals surface area contributed by atoms with Crippen LogP contribution >= 0.6 is 0 Å². The highest BCUT2D eigenvalue weighted by Gasteiger charge is 1.96. The van der Waals surface area contributed by atoms with Gasteiger partial charge in [-0.15, -0.1) is 0 Å². The molecule has 0 aliphatic carbocycles. The fourth-order valence-electron chi connectivity index (χ4n) is 1.63. The Morgan fingerprint density at radius 2 is 1.82 bits per heavy atom. The normalized spacial score (nSPS) is 10.2. The van der Waals surface area contributed by atoms with Gasteiger partial charge in [-0.2, -0.15) is 0 Å². The van der Waals surface area contributed by atoms with Crippen LogP contribution in [0, 0.1) is 6.92 Å². The van der Waals surface area contributed by atoms with Gasteiger partial charge in [0.2, 0.25) is 0 Å². The molecule has 0 unspecified atom stereocenters. The first-order valence-electron chi connectivity index (χ1n) is 5.71. The van der Waals surface area contributed by atoms with E-state index >= 15 is 0 Å². The summed E-state index contributed by atoms with van der Waals surface area (Å²) >= 11 is 0. The summed E-state index contributed by atoms with van der Waals surface area (Å²) in [4.78, 5) is 0. The Kier molecular flexibility index (Phi) is 3.66. The molecule has 2 nitrogen and oxygen atoms in total. The molecule has 0 spiro atoms. The molecule has 17 heavy (non-hydrogen) atoms. The molecule has 0 aliphatic heterocycles. The highest BCUT2D eigenvalue weighted by molar-refractivity contribution is 5.28. The summed E-state index contributed by atoms with van der Waals surface area (Å²) in [5, 5.41) is 9.32. The number of aromatic hydroxyl groups is 1. The molecular formula is C15H16O2. The molecule has 1 N–H and O–H groups in total. The van der Waals surface area contributed by atoms with Crippen LogP contribution in [0.3, 0.4) is 0 Å². The average Bonchev–Trinajstić information content (AvgIpc) is 2.32. The molecule has 0 saturated carbocycles. The van der Waals surface area contributed by atoms with Crippen LogP contribution in [-0.2, 0) is 6.42 Å². The highest BCUT2D eigenvalue weighted by atomic mass is 16.5. The molecule has 0 heterocycles. The summed E-state index contributed by atoms with van der Waals surface area (Å²) in [6.07, 6.45) is 0.794. The number of ether oxygens (including phenoxy) is 1. The topological polar surface area (TPSA) is 29.5 Å². The maximum atomic E-state index is 9.32. The molecule has 88 valence electrons. The van der Waals surface area contributed by atoms with E-state index < -0.39 is 0 Å². The zero-order chi connectivity index (χ0) is 12.1. The summed E-state index contributed by atoms with van der Waals surface area (Å²) in [6.45, 7) is 2.67. The first-order chi connectivity index (χ1) is 8.24. The van der Waals surface area contributed by atoms with E-state index in [0.717, 1.165) is 17.7 Å². The fourth-order valence-corrected chi connectivity index (χ4v) is 1.63. The van der Waals surface area contributed by atoms with E-state index in [9.17, 15) is 5.11 Å². The van der Waals surface area contributed by atoms with E-state index in [0.29, 0.717) is 12.4 Å². The zero-order valence-electron chi connectivity index (χ0n) is 9.89. The SMILES string of the molecule is Cc1ccc(OCCc2cccc(O)c2)cc1. The van der Waals surface area contributed by atoms with Crippen LogP contribution in [0.4, 0.5) is 0 Å². The van der Waals surface area contributed by atoms with Crippen molar-refractivity contribution in [3.05, 3.63) is 59.7 Å². The maximum absolute atomic E-state index is 9.32. The number of phenols is 1. The zero-order valence-corrected chi connectivity index (χ0v) is 9.89. The van der Waals surface area contributed by atoms with Gasteiger partial charge < -0.3 is 9.84 Å². The Morgan fingerprint density at radius 1 is 1.06 bits per heavy atom. The Hall–Kier alpha value is -1.96. The standard InChI is InChI=1S/C15H16O2/c1-12-5-7-15(8-6-12)17-10-9-13-3-2-4-14(16)11-13/h2-8,11,16H,9-10H2,1H3. The molecule has 0 atom stereocenters. The van der Waals surface area contributed by atoms with Crippen molar-refractivity contribution < 1.29 is 9.84 Å². The van der Waals surface area contributed by atoms with Gasteiger partial charge in [0.05, 0.1) is 6.61 Å². The second-order valence-electron chi connectivity index (χ2n) is 4.08. The third kappa shape index (κ3) is 3.52. The summed E-state index contributed by atoms with van der Waals surface area (Å²) in [5.74, 6) is 1.19. The van der Waals surface area contributed by atoms with Gasteiger partial charge in [-0.3, -0.25) is 0 Å². The Balaban J connectivity index is 1.85. The predicted molar refractivity (Wildman–Crippen MR) is 68.5 cm³/mol. The largest absolute Gasteiger partial charge is 0.508 e. The number of phenolic OH excluding ortho intramolecular Hbond substituents is 1. The summed E-state index contributed by atoms with van der Waals surface area (Å²) in [5.41, 5.74) is 2.31. The molecule has 2 heteroatoms. The molecule has 2 rings (SSSR count). The van der Waals surface area contributed by atoms with Crippen LogP contribution in [0.15, 0.2) is 48.5 Å². The maximum Gasteiger partial charge on any atom is 0.119 e. The van der Waals surface area contributed by atoms with E-state index in [-0.39, 0.29) is 0 Å². The van der Waals surface area contributed by atoms with Crippen LogP contribution in [0.25, 0.3) is 0 Å². The number of hydrogen-bond acceptors (Lipinski definition) is 2. The number of aryl methyl sites for hydroxylation is 1. The quantitative estimate of drug-likeness (QED) is 0.869. The van der Waals surface area contributed by atoms with E-state index in [1.54, 1.807) is 12.1 Å². The predicted octanol–water partition coefficient (Wildman–Crippen LogP) is 3.32. The van der Waals surface area contributed by atoms with E-state index in [1.165, 1.54) is 5.56 Å². The molecule has 0 fully saturated rings. The molecule has 0 saturated heterocycles. The van der Waals surface area contributed by atoms with Crippen LogP contribution in [0.5, 0.6) is 11.5 Å². The molecular weight excluding hydrogens is 212 g/mol. The van der Waals surface area contributed by atoms with Gasteiger partial charge in [0.15, 0.2) is 0 Å². The van der Waals surface area contributed by atoms with E-state index in [4.69, 9.17) is 4.74 Å². The number of rotatable bonds is 4. The monoisotopic (exact) mass is 228 g/mol. The van der Waals surface area contributed by atoms with Crippen LogP contribution < -0.4 is 4.74 Å². The minimum atomic E-state index is 0.304. The minimum absolute atomic E-state index is 0.304. The van der Waals surface area contributed by atoms with Crippen molar-refractivity contribution >= 4 is 0 Å². The van der Waals surface area contributed by atoms with E-state index in [2.05, 4.69) is 6.92 Å². The second kappa shape index (κ2) is 5.39. The number of hydrogen-bond donors (Lipinski definition) is 1. The van der Waals surface area contributed by atoms with Crippen LogP contribution in [-0.4, -0.2) is 11.7 Å². The molecule has 0 amide bonds. The van der Waals surface area contributed by atoms with Crippen molar-refractivity contribution in [1.29, 1.82) is 0 Å². The molecule has 2 aromatic carbocycles. The molecule has 0 bridgehead atoms. The van der Waals surface area contributed by atoms with Gasteiger partial charge in [-0.1, -0.05) is 29.8 Å². The van der Waals surface area contributed by atoms with Gasteiger partial charge >= 0.3 is 0 Å². The van der Waals surface area contributed by atoms with Gasteiger partial charge in [-0.25, -0.2) is 0 Å². The summed E-state index contributed by atoms with van der Waals surface area (Å²) < 4.78 is 5.62. The van der Waals surface area contributed by atoms with Crippen LogP contribution in [0.1, 0.15) is 11.1 Å². The van der Waals surface area contributed by atoms with Crippen molar-refractivity contribution in [3.63, 3.8) is 0 Å². The van der Waals surface area contributed by atoms with Crippen molar-refractivity contribution in [2.45, 2.75) is 13.3 Å². The first kappa shape index (κ1) is 11.5. The smallest absolute Gasteiger partial charge is 0.119 e. The number of benzene rings is 2. The van der Waals surface area contributed by atoms with Crippen molar-refractivity contribution in [2.24, 2.45) is 0 Å². The lowest BCUT2D eigenvalue weighted by molar-refractivity contribution is 0.321. The molecule has 2 aromatic rings. The first-order valence-corrected chi connectivity index (χ1v) is 5.71. The Labute approximate surface area is 101 Å². The fraction of sp³-hybridized carbons (Fsp3) is 0.200. The van der Waals surface area contributed by atoms with Gasteiger partial charge in [0.1, 0.15) is 11.5 Å². The van der Waals surface area contributed by atoms with Crippen molar-refractivity contribution in [2.75, 3.05) is 6.61 Å². The van der Waals surface area contributed by atoms with Gasteiger partial charge in [-0.05, 0) is 36.8 Å². The average molecular weight is 228 g/mol. The third-order valence-electron chi connectivity index (χ3n) is 2.59. The molecule has 0 aromatic heterocycles. The highest BCUT2D eigenvalue weighted by Crippen LogP contribution is 2.14. The van der Waals surface area contributed by atoms with Crippen molar-refractivity contribution in [3.8, 4) is 11.5 Å². The van der Waals surface area contributed by atoms with E-state index in [1.807, 2.05) is 36.4 Å². The second-order valence-corrected chi connectivity index (χ2v) is 4.08. The molecule has 0 aliphatic rings.